The van der Waals surface area contributed by atoms with E-state index in [0.717, 1.165) is 11.0 Å². The Bertz CT molecular complexity index is 781. The second-order valence-corrected chi connectivity index (χ2v) is 6.26. The molecule has 1 N–H and O–H groups in total. The van der Waals surface area contributed by atoms with Gasteiger partial charge in [-0.3, -0.25) is 14.5 Å². The van der Waals surface area contributed by atoms with Gasteiger partial charge in [0, 0.05) is 25.4 Å². The smallest absolute Gasteiger partial charge is 0.326 e. The second-order valence-electron chi connectivity index (χ2n) is 6.26. The Morgan fingerprint density at radius 1 is 1.32 bits per heavy atom. The summed E-state index contributed by atoms with van der Waals surface area (Å²) in [4.78, 5) is 38.1. The van der Waals surface area contributed by atoms with E-state index in [9.17, 15) is 14.4 Å². The molecule has 0 saturated carbocycles. The minimum Gasteiger partial charge on any atom is -0.459 e. The van der Waals surface area contributed by atoms with E-state index in [4.69, 9.17) is 4.42 Å². The van der Waals surface area contributed by atoms with E-state index in [1.165, 1.54) is 9.80 Å². The number of para-hydroxylation sites is 1. The van der Waals surface area contributed by atoms with E-state index < -0.39 is 0 Å². The standard InChI is InChI=1S/C18H21N3O4/c1-12(15-10-13-6-3-4-7-14(13)25-15)19-16(22)8-5-9-21-17(23)11-20(2)18(21)24/h3-4,6-7,10,12H,5,8-9,11H2,1-2H3,(H,19,22)/t12-/m1/s1. The average molecular weight is 343 g/mol. The number of imide groups is 1. The SMILES string of the molecule is C[C@@H](NC(=O)CCCN1C(=O)CN(C)C1=O)c1cc2ccccc2o1. The van der Waals surface area contributed by atoms with Gasteiger partial charge in [-0.15, -0.1) is 0 Å². The van der Waals surface area contributed by atoms with Gasteiger partial charge >= 0.3 is 6.03 Å². The van der Waals surface area contributed by atoms with Crippen LogP contribution in [-0.2, 0) is 9.59 Å². The molecule has 1 aliphatic rings. The Morgan fingerprint density at radius 3 is 2.76 bits per heavy atom. The minimum absolute atomic E-state index is 0.105. The van der Waals surface area contributed by atoms with Crippen LogP contribution in [0.1, 0.15) is 31.6 Å². The number of urea groups is 1. The summed E-state index contributed by atoms with van der Waals surface area (Å²) in [6.45, 7) is 2.22. The number of carbonyl (C=O) groups is 3. The number of amides is 4. The molecule has 25 heavy (non-hydrogen) atoms. The predicted molar refractivity (Wildman–Crippen MR) is 91.7 cm³/mol. The van der Waals surface area contributed by atoms with E-state index in [2.05, 4.69) is 5.32 Å². The van der Waals surface area contributed by atoms with Crippen molar-refractivity contribution in [3.05, 3.63) is 36.1 Å². The predicted octanol–water partition coefficient (Wildman–Crippen LogP) is 2.28. The first-order valence-electron chi connectivity index (χ1n) is 8.29. The molecule has 1 aromatic carbocycles. The topological polar surface area (TPSA) is 82.9 Å². The highest BCUT2D eigenvalue weighted by molar-refractivity contribution is 6.01. The lowest BCUT2D eigenvalue weighted by atomic mass is 10.2. The molecule has 1 fully saturated rings. The maximum atomic E-state index is 12.1. The zero-order chi connectivity index (χ0) is 18.0. The van der Waals surface area contributed by atoms with Crippen LogP contribution in [0.4, 0.5) is 4.79 Å². The normalized spacial score (nSPS) is 15.9. The molecule has 1 aromatic heterocycles. The summed E-state index contributed by atoms with van der Waals surface area (Å²) in [7, 11) is 1.59. The monoisotopic (exact) mass is 343 g/mol. The van der Waals surface area contributed by atoms with Crippen LogP contribution in [0.25, 0.3) is 11.0 Å². The van der Waals surface area contributed by atoms with Crippen molar-refractivity contribution in [1.29, 1.82) is 0 Å². The third-order valence-electron chi connectivity index (χ3n) is 4.27. The maximum absolute atomic E-state index is 12.1. The lowest BCUT2D eigenvalue weighted by Crippen LogP contribution is -2.33. The first-order valence-corrected chi connectivity index (χ1v) is 8.29. The van der Waals surface area contributed by atoms with Crippen LogP contribution in [0.3, 0.4) is 0 Å². The molecule has 0 spiro atoms. The molecule has 2 aromatic rings. The summed E-state index contributed by atoms with van der Waals surface area (Å²) in [5, 5.41) is 3.88. The highest BCUT2D eigenvalue weighted by Gasteiger charge is 2.32. The van der Waals surface area contributed by atoms with Crippen molar-refractivity contribution in [3.8, 4) is 0 Å². The molecule has 7 heteroatoms. The minimum atomic E-state index is -0.305. The maximum Gasteiger partial charge on any atom is 0.326 e. The largest absolute Gasteiger partial charge is 0.459 e. The van der Waals surface area contributed by atoms with Gasteiger partial charge in [0.15, 0.2) is 0 Å². The fraction of sp³-hybridized carbons (Fsp3) is 0.389. The Hall–Kier alpha value is -2.83. The number of carbonyl (C=O) groups excluding carboxylic acids is 3. The number of hydrogen-bond acceptors (Lipinski definition) is 4. The molecular formula is C18H21N3O4. The van der Waals surface area contributed by atoms with Crippen molar-refractivity contribution in [2.45, 2.75) is 25.8 Å². The zero-order valence-corrected chi connectivity index (χ0v) is 14.3. The number of nitrogens with one attached hydrogen (secondary N) is 1. The number of hydrogen-bond donors (Lipinski definition) is 1. The molecule has 1 saturated heterocycles. The molecule has 4 amide bonds. The van der Waals surface area contributed by atoms with Crippen molar-refractivity contribution in [1.82, 2.24) is 15.1 Å². The van der Waals surface area contributed by atoms with Gasteiger partial charge in [0.2, 0.25) is 11.8 Å². The fourth-order valence-electron chi connectivity index (χ4n) is 2.89. The molecule has 1 atom stereocenters. The summed E-state index contributed by atoms with van der Waals surface area (Å²) >= 11 is 0. The summed E-state index contributed by atoms with van der Waals surface area (Å²) in [6, 6.07) is 9.03. The zero-order valence-electron chi connectivity index (χ0n) is 14.3. The van der Waals surface area contributed by atoms with Crippen molar-refractivity contribution < 1.29 is 18.8 Å². The van der Waals surface area contributed by atoms with Crippen LogP contribution in [0.2, 0.25) is 0 Å². The van der Waals surface area contributed by atoms with Crippen molar-refractivity contribution in [2.75, 3.05) is 20.1 Å². The van der Waals surface area contributed by atoms with E-state index in [1.54, 1.807) is 7.05 Å². The third-order valence-corrected chi connectivity index (χ3v) is 4.27. The molecule has 0 aliphatic carbocycles. The van der Waals surface area contributed by atoms with Gasteiger partial charge in [0.05, 0.1) is 6.04 Å². The van der Waals surface area contributed by atoms with Crippen molar-refractivity contribution >= 4 is 28.8 Å². The lowest BCUT2D eigenvalue weighted by molar-refractivity contribution is -0.126. The molecule has 0 unspecified atom stereocenters. The van der Waals surface area contributed by atoms with Gasteiger partial charge in [-0.25, -0.2) is 4.79 Å². The number of nitrogens with zero attached hydrogens (tertiary/aromatic N) is 2. The third kappa shape index (κ3) is 3.65. The molecule has 2 heterocycles. The Balaban J connectivity index is 1.49. The summed E-state index contributed by atoms with van der Waals surface area (Å²) in [6.07, 6.45) is 0.676. The van der Waals surface area contributed by atoms with Crippen LogP contribution < -0.4 is 5.32 Å². The first kappa shape index (κ1) is 17.0. The van der Waals surface area contributed by atoms with Crippen LogP contribution >= 0.6 is 0 Å². The van der Waals surface area contributed by atoms with Crippen LogP contribution in [-0.4, -0.2) is 47.8 Å². The molecule has 132 valence electrons. The first-order chi connectivity index (χ1) is 12.0. The number of likely N-dealkylation sites (N-methyl/N-ethyl adjacent to an activating group) is 1. The molecule has 1 aliphatic heterocycles. The molecule has 3 rings (SSSR count). The molecular weight excluding hydrogens is 322 g/mol. The number of fused-ring (bicyclic) bond motifs is 1. The Kier molecular flexibility index (Phi) is 4.74. The number of furan rings is 1. The van der Waals surface area contributed by atoms with Crippen LogP contribution in [0.5, 0.6) is 0 Å². The van der Waals surface area contributed by atoms with Crippen LogP contribution in [0.15, 0.2) is 34.7 Å². The second kappa shape index (κ2) is 6.96. The quantitative estimate of drug-likeness (QED) is 0.816. The fourth-order valence-corrected chi connectivity index (χ4v) is 2.89. The van der Waals surface area contributed by atoms with Gasteiger partial charge < -0.3 is 14.6 Å². The number of benzene rings is 1. The summed E-state index contributed by atoms with van der Waals surface area (Å²) in [5.41, 5.74) is 0.786. The highest BCUT2D eigenvalue weighted by Crippen LogP contribution is 2.23. The van der Waals surface area contributed by atoms with Crippen LogP contribution in [0, 0.1) is 0 Å². The summed E-state index contributed by atoms with van der Waals surface area (Å²) in [5.74, 6) is 0.338. The van der Waals surface area contributed by atoms with Gasteiger partial charge in [-0.05, 0) is 25.5 Å². The van der Waals surface area contributed by atoms with Gasteiger partial charge in [0.1, 0.15) is 17.9 Å². The van der Waals surface area contributed by atoms with E-state index in [1.807, 2.05) is 37.3 Å². The van der Waals surface area contributed by atoms with Crippen molar-refractivity contribution in [2.24, 2.45) is 0 Å². The molecule has 0 radical (unpaired) electrons. The number of rotatable bonds is 6. The Labute approximate surface area is 145 Å². The van der Waals surface area contributed by atoms with E-state index in [-0.39, 0.29) is 43.4 Å². The van der Waals surface area contributed by atoms with E-state index in [0.29, 0.717) is 12.2 Å². The van der Waals surface area contributed by atoms with Gasteiger partial charge in [-0.2, -0.15) is 0 Å². The van der Waals surface area contributed by atoms with E-state index >= 15 is 0 Å². The van der Waals surface area contributed by atoms with Gasteiger partial charge in [0.25, 0.3) is 0 Å². The summed E-state index contributed by atoms with van der Waals surface area (Å²) < 4.78 is 5.74. The van der Waals surface area contributed by atoms with Gasteiger partial charge in [-0.1, -0.05) is 18.2 Å². The lowest BCUT2D eigenvalue weighted by Gasteiger charge is -2.15. The average Bonchev–Trinajstić information content (AvgIpc) is 3.11. The highest BCUT2D eigenvalue weighted by atomic mass is 16.3. The van der Waals surface area contributed by atoms with Crippen molar-refractivity contribution in [3.63, 3.8) is 0 Å². The Morgan fingerprint density at radius 2 is 2.08 bits per heavy atom. The molecule has 0 bridgehead atoms. The molecule has 7 nitrogen and oxygen atoms in total.